The lowest BCUT2D eigenvalue weighted by atomic mass is 9.42. The summed E-state index contributed by atoms with van der Waals surface area (Å²) in [7, 11) is 0. The Bertz CT molecular complexity index is 1490. The fourth-order valence-electron chi connectivity index (χ4n) is 12.3. The second-order valence-electron chi connectivity index (χ2n) is 21.3. The van der Waals surface area contributed by atoms with Crippen LogP contribution in [0.5, 0.6) is 0 Å². The van der Waals surface area contributed by atoms with Gasteiger partial charge in [-0.2, -0.15) is 0 Å². The minimum absolute atomic E-state index is 0.0251. The number of rotatable bonds is 5. The summed E-state index contributed by atoms with van der Waals surface area (Å²) < 4.78 is 37.0. The molecular weight excluding hydrogens is 708 g/mol. The molecule has 3 aliphatic heterocycles. The Balaban J connectivity index is 1.06. The largest absolute Gasteiger partial charge is 0.462 e. The quantitative estimate of drug-likeness (QED) is 0.250. The van der Waals surface area contributed by atoms with E-state index in [1.807, 2.05) is 0 Å². The van der Waals surface area contributed by atoms with Gasteiger partial charge in [0.05, 0.1) is 29.6 Å². The van der Waals surface area contributed by atoms with Crippen molar-refractivity contribution in [3.63, 3.8) is 0 Å². The van der Waals surface area contributed by atoms with Crippen molar-refractivity contribution in [2.45, 2.75) is 181 Å². The Morgan fingerprint density at radius 3 is 2.24 bits per heavy atom. The van der Waals surface area contributed by atoms with Gasteiger partial charge >= 0.3 is 11.9 Å². The molecule has 0 aromatic heterocycles. The molecule has 17 atom stereocenters. The summed E-state index contributed by atoms with van der Waals surface area (Å²) in [6.07, 6.45) is -1.40. The third kappa shape index (κ3) is 6.73. The molecule has 0 bridgehead atoms. The number of Topliss-reactive ketones (excluding diaryl/α,β-unsaturated/α-hetero) is 1. The first-order valence-corrected chi connectivity index (χ1v) is 21.1. The lowest BCUT2D eigenvalue weighted by Gasteiger charge is -2.63. The molecule has 1 spiro atoms. The van der Waals surface area contributed by atoms with Crippen LogP contribution in [0.15, 0.2) is 0 Å². The van der Waals surface area contributed by atoms with Crippen molar-refractivity contribution in [2.24, 2.45) is 57.2 Å². The van der Waals surface area contributed by atoms with Crippen molar-refractivity contribution in [1.82, 2.24) is 0 Å². The number of fused-ring (bicyclic) bond motifs is 7. The normalized spacial score (nSPS) is 49.8. The lowest BCUT2D eigenvalue weighted by Crippen LogP contribution is -2.68. The maximum atomic E-state index is 14.4. The molecule has 0 aromatic carbocycles. The SMILES string of the molecule is CC1CC[C@@]2(OC1)O[C@H]1CC3C4CC(=O)[C@@]5(O)C[C@@H](O[C@@H]6O[C@H](COC(=O)C(C)(C)C)[C@@H](O)[C@H](OC(=O)C(C)(C)C)[C@H]6O)CC[C@]5(C)C4CC[C@]3(C)[C@H]1[C@@H]2C. The third-order valence-electron chi connectivity index (χ3n) is 15.7. The number of ketones is 1. The van der Waals surface area contributed by atoms with E-state index in [-0.39, 0.29) is 48.1 Å². The molecule has 12 nitrogen and oxygen atoms in total. The van der Waals surface area contributed by atoms with E-state index in [1.165, 1.54) is 0 Å². The van der Waals surface area contributed by atoms with E-state index in [9.17, 15) is 29.7 Å². The predicted octanol–water partition coefficient (Wildman–Crippen LogP) is 5.11. The van der Waals surface area contributed by atoms with Crippen molar-refractivity contribution < 1.29 is 58.1 Å². The van der Waals surface area contributed by atoms with Gasteiger partial charge in [0.25, 0.3) is 0 Å². The number of hydrogen-bond donors (Lipinski definition) is 3. The maximum absolute atomic E-state index is 14.4. The Morgan fingerprint density at radius 2 is 1.60 bits per heavy atom. The Kier molecular flexibility index (Phi) is 10.5. The summed E-state index contributed by atoms with van der Waals surface area (Å²) in [6, 6.07) is 0. The van der Waals surface area contributed by atoms with Crippen LogP contribution >= 0.6 is 0 Å². The number of carbonyl (C=O) groups is 3. The monoisotopic (exact) mass is 776 g/mol. The zero-order valence-electron chi connectivity index (χ0n) is 34.8. The Labute approximate surface area is 327 Å². The molecule has 3 saturated heterocycles. The first-order chi connectivity index (χ1) is 25.4. The highest BCUT2D eigenvalue weighted by molar-refractivity contribution is 5.89. The van der Waals surface area contributed by atoms with E-state index >= 15 is 0 Å². The summed E-state index contributed by atoms with van der Waals surface area (Å²) in [5.74, 6) is -0.0137. The molecule has 3 heterocycles. The van der Waals surface area contributed by atoms with E-state index in [1.54, 1.807) is 41.5 Å². The molecule has 4 aliphatic carbocycles. The maximum Gasteiger partial charge on any atom is 0.311 e. The lowest BCUT2D eigenvalue weighted by molar-refractivity contribution is -0.323. The number of esters is 2. The van der Waals surface area contributed by atoms with Crippen LogP contribution in [0.2, 0.25) is 0 Å². The predicted molar refractivity (Wildman–Crippen MR) is 199 cm³/mol. The molecule has 7 fully saturated rings. The summed E-state index contributed by atoms with van der Waals surface area (Å²) in [4.78, 5) is 40.0. The van der Waals surface area contributed by atoms with Gasteiger partial charge in [-0.1, -0.05) is 27.7 Å². The van der Waals surface area contributed by atoms with E-state index in [0.717, 1.165) is 38.7 Å². The molecule has 4 saturated carbocycles. The molecule has 0 amide bonds. The highest BCUT2D eigenvalue weighted by atomic mass is 16.7. The average Bonchev–Trinajstić information content (AvgIpc) is 3.54. The van der Waals surface area contributed by atoms with Crippen molar-refractivity contribution >= 4 is 17.7 Å². The van der Waals surface area contributed by atoms with Gasteiger partial charge in [0, 0.05) is 30.6 Å². The molecule has 55 heavy (non-hydrogen) atoms. The molecule has 7 aliphatic rings. The minimum atomic E-state index is -1.64. The zero-order chi connectivity index (χ0) is 40.3. The molecule has 12 heteroatoms. The van der Waals surface area contributed by atoms with Gasteiger partial charge in [-0.05, 0) is 115 Å². The standard InChI is InChI=1S/C43H68O12/c1-22-11-16-43(51-20-22)23(2)31-28(55-43)18-27-25-17-30(44)42(49)19-24(12-15-41(42,10)26(25)13-14-40(27,31)9)52-35-33(46)34(54-37(48)39(6,7)8)32(45)29(53-35)21-50-36(47)38(3,4)5/h22-29,31-35,45-46,49H,11-21H2,1-10H3/t22?,23-,24-,25?,26?,27?,28-,29+,31-,32+,33+,34-,35+,40-,41+,42-,43+/m0/s1. The van der Waals surface area contributed by atoms with Crippen LogP contribution in [0.25, 0.3) is 0 Å². The molecule has 7 rings (SSSR count). The van der Waals surface area contributed by atoms with Gasteiger partial charge in [0.1, 0.15) is 30.5 Å². The van der Waals surface area contributed by atoms with Crippen LogP contribution in [0.4, 0.5) is 0 Å². The molecule has 0 radical (unpaired) electrons. The van der Waals surface area contributed by atoms with E-state index < -0.39 is 76.4 Å². The van der Waals surface area contributed by atoms with Gasteiger partial charge in [-0.3, -0.25) is 14.4 Å². The second kappa shape index (κ2) is 14.0. The van der Waals surface area contributed by atoms with Crippen LogP contribution < -0.4 is 0 Å². The molecule has 0 aromatic rings. The molecule has 312 valence electrons. The number of hydrogen-bond acceptors (Lipinski definition) is 12. The Morgan fingerprint density at radius 1 is 0.909 bits per heavy atom. The first kappa shape index (κ1) is 41.5. The van der Waals surface area contributed by atoms with Gasteiger partial charge in [-0.15, -0.1) is 0 Å². The van der Waals surface area contributed by atoms with Crippen LogP contribution in [0.1, 0.15) is 127 Å². The van der Waals surface area contributed by atoms with Gasteiger partial charge in [0.15, 0.2) is 24.0 Å². The van der Waals surface area contributed by atoms with Crippen LogP contribution in [0, 0.1) is 57.2 Å². The number of aliphatic hydroxyl groups is 3. The van der Waals surface area contributed by atoms with Gasteiger partial charge in [-0.25, -0.2) is 0 Å². The zero-order valence-corrected chi connectivity index (χ0v) is 34.8. The summed E-state index contributed by atoms with van der Waals surface area (Å²) in [6.45, 7) is 19.5. The van der Waals surface area contributed by atoms with E-state index in [2.05, 4.69) is 27.7 Å². The van der Waals surface area contributed by atoms with Gasteiger partial charge in [0.2, 0.25) is 0 Å². The van der Waals surface area contributed by atoms with Crippen LogP contribution in [0.3, 0.4) is 0 Å². The average molecular weight is 777 g/mol. The molecular formula is C43H68O12. The van der Waals surface area contributed by atoms with Crippen molar-refractivity contribution in [3.8, 4) is 0 Å². The highest BCUT2D eigenvalue weighted by Crippen LogP contribution is 2.71. The Hall–Kier alpha value is -1.67. The second-order valence-corrected chi connectivity index (χ2v) is 21.3. The molecule has 4 unspecified atom stereocenters. The summed E-state index contributed by atoms with van der Waals surface area (Å²) in [5.41, 5.74) is -4.02. The van der Waals surface area contributed by atoms with Crippen molar-refractivity contribution in [3.05, 3.63) is 0 Å². The van der Waals surface area contributed by atoms with Crippen LogP contribution in [-0.4, -0.2) is 101 Å². The fraction of sp³-hybridized carbons (Fsp3) is 0.930. The first-order valence-electron chi connectivity index (χ1n) is 21.1. The molecule has 3 N–H and O–H groups in total. The fourth-order valence-corrected chi connectivity index (χ4v) is 12.3. The van der Waals surface area contributed by atoms with Crippen LogP contribution in [-0.2, 0) is 42.8 Å². The van der Waals surface area contributed by atoms with Gasteiger partial charge < -0.3 is 43.7 Å². The number of aliphatic hydroxyl groups excluding tert-OH is 2. The third-order valence-corrected chi connectivity index (χ3v) is 15.7. The highest BCUT2D eigenvalue weighted by Gasteiger charge is 2.72. The number of ether oxygens (including phenoxy) is 6. The van der Waals surface area contributed by atoms with Crippen molar-refractivity contribution in [2.75, 3.05) is 13.2 Å². The number of carbonyl (C=O) groups excluding carboxylic acids is 3. The van der Waals surface area contributed by atoms with E-state index in [4.69, 9.17) is 28.4 Å². The summed E-state index contributed by atoms with van der Waals surface area (Å²) >= 11 is 0. The van der Waals surface area contributed by atoms with Crippen molar-refractivity contribution in [1.29, 1.82) is 0 Å². The smallest absolute Gasteiger partial charge is 0.311 e. The minimum Gasteiger partial charge on any atom is -0.462 e. The summed E-state index contributed by atoms with van der Waals surface area (Å²) in [5, 5.41) is 35.3. The van der Waals surface area contributed by atoms with E-state index in [0.29, 0.717) is 37.0 Å². The topological polar surface area (TPSA) is 167 Å².